The molecule has 0 aliphatic carbocycles. The van der Waals surface area contributed by atoms with Gasteiger partial charge in [-0.05, 0) is 41.8 Å². The minimum absolute atomic E-state index is 0.147. The first kappa shape index (κ1) is 28.7. The Labute approximate surface area is 248 Å². The molecule has 11 heteroatoms. The van der Waals surface area contributed by atoms with Gasteiger partial charge in [0.05, 0.1) is 38.8 Å². The summed E-state index contributed by atoms with van der Waals surface area (Å²) in [4.78, 5) is 23.7. The maximum Gasteiger partial charge on any atom is 0.250 e. The Morgan fingerprint density at radius 2 is 1.88 bits per heavy atom. The summed E-state index contributed by atoms with van der Waals surface area (Å²) in [6.07, 6.45) is 3.45. The van der Waals surface area contributed by atoms with E-state index in [0.29, 0.717) is 17.2 Å². The summed E-state index contributed by atoms with van der Waals surface area (Å²) in [6.45, 7) is 4.38. The average Bonchev–Trinajstić information content (AvgIpc) is 3.53. The van der Waals surface area contributed by atoms with Crippen molar-refractivity contribution < 1.29 is 19.0 Å². The second kappa shape index (κ2) is 13.7. The highest BCUT2D eigenvalue weighted by Crippen LogP contribution is 2.40. The van der Waals surface area contributed by atoms with Crippen molar-refractivity contribution in [1.29, 1.82) is 0 Å². The van der Waals surface area contributed by atoms with Gasteiger partial charge in [0.2, 0.25) is 11.7 Å². The molecular formula is C30H33N5O4S2. The minimum Gasteiger partial charge on any atom is -0.493 e. The lowest BCUT2D eigenvalue weighted by atomic mass is 10.1. The van der Waals surface area contributed by atoms with E-state index in [-0.39, 0.29) is 11.7 Å². The fraction of sp³-hybridized carbons (Fsp3) is 0.300. The quantitative estimate of drug-likeness (QED) is 0.150. The van der Waals surface area contributed by atoms with Gasteiger partial charge >= 0.3 is 0 Å². The molecule has 3 heterocycles. The van der Waals surface area contributed by atoms with Crippen molar-refractivity contribution >= 4 is 51.8 Å². The van der Waals surface area contributed by atoms with E-state index in [9.17, 15) is 4.79 Å². The third kappa shape index (κ3) is 6.92. The highest BCUT2D eigenvalue weighted by molar-refractivity contribution is 8.00. The maximum absolute atomic E-state index is 12.4. The largest absolute Gasteiger partial charge is 0.493 e. The number of piperazine rings is 1. The summed E-state index contributed by atoms with van der Waals surface area (Å²) < 4.78 is 16.7. The summed E-state index contributed by atoms with van der Waals surface area (Å²) in [6, 6.07) is 16.2. The maximum atomic E-state index is 12.4. The Hall–Kier alpha value is -3.80. The molecule has 41 heavy (non-hydrogen) atoms. The highest BCUT2D eigenvalue weighted by atomic mass is 32.2. The van der Waals surface area contributed by atoms with Crippen molar-refractivity contribution in [2.75, 3.05) is 58.2 Å². The Bertz CT molecular complexity index is 1500. The van der Waals surface area contributed by atoms with Crippen LogP contribution < -0.4 is 24.5 Å². The van der Waals surface area contributed by atoms with Gasteiger partial charge < -0.3 is 19.1 Å². The van der Waals surface area contributed by atoms with Crippen LogP contribution in [-0.2, 0) is 11.3 Å². The molecule has 9 nitrogen and oxygen atoms in total. The number of hydrazone groups is 1. The molecule has 0 atom stereocenters. The number of thiophene rings is 1. The zero-order chi connectivity index (χ0) is 28.6. The van der Waals surface area contributed by atoms with Crippen LogP contribution in [0.3, 0.4) is 0 Å². The van der Waals surface area contributed by atoms with Crippen LogP contribution in [0.5, 0.6) is 17.2 Å². The monoisotopic (exact) mass is 591 g/mol. The summed E-state index contributed by atoms with van der Waals surface area (Å²) in [5.74, 6) is 2.11. The van der Waals surface area contributed by atoms with Gasteiger partial charge in [0, 0.05) is 65.3 Å². The number of amides is 1. The second-order valence-corrected chi connectivity index (χ2v) is 11.4. The zero-order valence-corrected chi connectivity index (χ0v) is 25.0. The number of carbonyl (C=O) groups is 1. The third-order valence-electron chi connectivity index (χ3n) is 6.89. The number of fused-ring (bicyclic) bond motifs is 1. The number of pyridine rings is 1. The first-order valence-corrected chi connectivity index (χ1v) is 15.1. The van der Waals surface area contributed by atoms with Gasteiger partial charge in [-0.1, -0.05) is 12.1 Å². The molecule has 1 amide bonds. The zero-order valence-electron chi connectivity index (χ0n) is 23.3. The number of hydrogen-bond donors (Lipinski definition) is 1. The molecule has 1 aliphatic heterocycles. The fourth-order valence-electron chi connectivity index (χ4n) is 4.83. The summed E-state index contributed by atoms with van der Waals surface area (Å²) in [5.41, 5.74) is 5.74. The lowest BCUT2D eigenvalue weighted by Gasteiger charge is -2.36. The van der Waals surface area contributed by atoms with Crippen molar-refractivity contribution in [3.05, 3.63) is 70.5 Å². The number of benzene rings is 2. The number of anilines is 1. The van der Waals surface area contributed by atoms with E-state index in [1.807, 2.05) is 35.7 Å². The molecule has 1 N–H and O–H groups in total. The molecule has 1 fully saturated rings. The number of thioether (sulfide) groups is 1. The summed E-state index contributed by atoms with van der Waals surface area (Å²) in [7, 11) is 4.91. The van der Waals surface area contributed by atoms with Crippen LogP contribution in [0.2, 0.25) is 0 Å². The third-order valence-corrected chi connectivity index (χ3v) is 8.77. The number of ether oxygens (including phenoxy) is 3. The fourth-order valence-corrected chi connectivity index (χ4v) is 6.24. The van der Waals surface area contributed by atoms with Gasteiger partial charge in [-0.25, -0.2) is 5.43 Å². The van der Waals surface area contributed by atoms with Gasteiger partial charge in [0.1, 0.15) is 0 Å². The highest BCUT2D eigenvalue weighted by Gasteiger charge is 2.22. The number of hydrogen-bond acceptors (Lipinski definition) is 10. The minimum atomic E-state index is -0.147. The number of aromatic nitrogens is 1. The van der Waals surface area contributed by atoms with Crippen molar-refractivity contribution in [2.24, 2.45) is 5.10 Å². The number of nitrogens with one attached hydrogen (secondary N) is 1. The first-order chi connectivity index (χ1) is 20.1. The van der Waals surface area contributed by atoms with Crippen molar-refractivity contribution in [2.45, 2.75) is 11.4 Å². The SMILES string of the molecule is COc1ccc(CN2CCN(c3ccc4nccc(SCC(=O)N/N=C/c5cccs5)c4c3)CC2)c(OC)c1OC. The van der Waals surface area contributed by atoms with Crippen LogP contribution in [0.1, 0.15) is 10.4 Å². The lowest BCUT2D eigenvalue weighted by Crippen LogP contribution is -2.46. The standard InChI is InChI=1S/C30H33N5O4S2/c1-37-26-9-6-21(29(38-2)30(26)39-3)19-34-12-14-35(15-13-34)22-7-8-25-24(17-22)27(10-11-31-25)41-20-28(36)33-32-18-23-5-4-16-40-23/h4-11,16-18H,12-15,19-20H2,1-3H3,(H,33,36)/b32-18+. The molecule has 2 aromatic carbocycles. The summed E-state index contributed by atoms with van der Waals surface area (Å²) >= 11 is 3.06. The van der Waals surface area contributed by atoms with Crippen molar-refractivity contribution in [3.63, 3.8) is 0 Å². The predicted molar refractivity (Wildman–Crippen MR) is 166 cm³/mol. The Morgan fingerprint density at radius 3 is 2.61 bits per heavy atom. The van der Waals surface area contributed by atoms with E-state index in [0.717, 1.165) is 64.7 Å². The van der Waals surface area contributed by atoms with Crippen LogP contribution in [0.4, 0.5) is 5.69 Å². The molecule has 1 aliphatic rings. The van der Waals surface area contributed by atoms with Gasteiger partial charge in [0.15, 0.2) is 11.5 Å². The van der Waals surface area contributed by atoms with Crippen LogP contribution in [-0.4, -0.2) is 75.3 Å². The van der Waals surface area contributed by atoms with Crippen LogP contribution >= 0.6 is 23.1 Å². The van der Waals surface area contributed by atoms with Crippen molar-refractivity contribution in [3.8, 4) is 17.2 Å². The van der Waals surface area contributed by atoms with Gasteiger partial charge in [-0.15, -0.1) is 23.1 Å². The molecule has 4 aromatic rings. The van der Waals surface area contributed by atoms with E-state index in [4.69, 9.17) is 14.2 Å². The molecule has 5 rings (SSSR count). The molecule has 1 saturated heterocycles. The Morgan fingerprint density at radius 1 is 1.05 bits per heavy atom. The van der Waals surface area contributed by atoms with Crippen LogP contribution in [0, 0.1) is 0 Å². The number of carbonyl (C=O) groups excluding carboxylic acids is 1. The molecular weight excluding hydrogens is 558 g/mol. The molecule has 0 unspecified atom stereocenters. The van der Waals surface area contributed by atoms with E-state index in [1.165, 1.54) is 11.8 Å². The smallest absolute Gasteiger partial charge is 0.250 e. The van der Waals surface area contributed by atoms with E-state index in [2.05, 4.69) is 43.5 Å². The van der Waals surface area contributed by atoms with Crippen molar-refractivity contribution in [1.82, 2.24) is 15.3 Å². The van der Waals surface area contributed by atoms with E-state index < -0.39 is 0 Å². The lowest BCUT2D eigenvalue weighted by molar-refractivity contribution is -0.118. The number of rotatable bonds is 11. The normalized spacial score (nSPS) is 14.0. The first-order valence-electron chi connectivity index (χ1n) is 13.2. The topological polar surface area (TPSA) is 88.5 Å². The van der Waals surface area contributed by atoms with Crippen LogP contribution in [0.25, 0.3) is 10.9 Å². The second-order valence-electron chi connectivity index (χ2n) is 9.36. The molecule has 214 valence electrons. The predicted octanol–water partition coefficient (Wildman–Crippen LogP) is 4.89. The van der Waals surface area contributed by atoms with Crippen LogP contribution in [0.15, 0.2) is 70.1 Å². The number of methoxy groups -OCH3 is 3. The van der Waals surface area contributed by atoms with E-state index >= 15 is 0 Å². The van der Waals surface area contributed by atoms with E-state index in [1.54, 1.807) is 45.1 Å². The van der Waals surface area contributed by atoms with Gasteiger partial charge in [-0.3, -0.25) is 14.7 Å². The molecule has 0 radical (unpaired) electrons. The molecule has 0 saturated carbocycles. The van der Waals surface area contributed by atoms with Gasteiger partial charge in [-0.2, -0.15) is 5.10 Å². The number of nitrogens with zero attached hydrogens (tertiary/aromatic N) is 4. The molecule has 0 spiro atoms. The average molecular weight is 592 g/mol. The molecule has 2 aromatic heterocycles. The van der Waals surface area contributed by atoms with Gasteiger partial charge in [0.25, 0.3) is 0 Å². The Balaban J connectivity index is 1.21. The summed E-state index contributed by atoms with van der Waals surface area (Å²) in [5, 5.41) is 7.07. The molecule has 0 bridgehead atoms. The Kier molecular flexibility index (Phi) is 9.60.